The smallest absolute Gasteiger partial charge is 0.239 e. The van der Waals surface area contributed by atoms with Gasteiger partial charge < -0.3 is 16.2 Å². The van der Waals surface area contributed by atoms with Crippen molar-refractivity contribution in [2.45, 2.75) is 51.7 Å². The van der Waals surface area contributed by atoms with Gasteiger partial charge in [-0.2, -0.15) is 0 Å². The number of nitrogens with one attached hydrogen (secondary N) is 1. The molecule has 1 amide bonds. The van der Waals surface area contributed by atoms with Crippen molar-refractivity contribution in [1.29, 1.82) is 0 Å². The van der Waals surface area contributed by atoms with Gasteiger partial charge in [0.2, 0.25) is 5.91 Å². The van der Waals surface area contributed by atoms with E-state index in [9.17, 15) is 9.90 Å². The van der Waals surface area contributed by atoms with Crippen molar-refractivity contribution in [3.8, 4) is 0 Å². The molecule has 1 atom stereocenters. The molecule has 0 spiro atoms. The van der Waals surface area contributed by atoms with Gasteiger partial charge in [0.1, 0.15) is 0 Å². The summed E-state index contributed by atoms with van der Waals surface area (Å²) in [4.78, 5) is 11.6. The van der Waals surface area contributed by atoms with E-state index in [1.165, 1.54) is 5.56 Å². The lowest BCUT2D eigenvalue weighted by Crippen LogP contribution is -2.49. The van der Waals surface area contributed by atoms with Crippen LogP contribution in [0, 0.1) is 0 Å². The van der Waals surface area contributed by atoms with Crippen LogP contribution in [-0.4, -0.2) is 23.1 Å². The molecule has 0 aliphatic heterocycles. The van der Waals surface area contributed by atoms with Gasteiger partial charge in [0.25, 0.3) is 0 Å². The second-order valence-electron chi connectivity index (χ2n) is 6.82. The number of carbonyl (C=O) groups is 1. The standard InChI is InChI=1S/C16H26N2O2/c1-15(2,3)12-8-6-11(7-9-12)13(19)10-18-14(20)16(4,5)17/h6-9,13,19H,10,17H2,1-5H3,(H,18,20). The van der Waals surface area contributed by atoms with Crippen LogP contribution in [-0.2, 0) is 10.2 Å². The Labute approximate surface area is 121 Å². The van der Waals surface area contributed by atoms with E-state index in [4.69, 9.17) is 5.73 Å². The number of hydrogen-bond donors (Lipinski definition) is 3. The van der Waals surface area contributed by atoms with Crippen LogP contribution in [0.15, 0.2) is 24.3 Å². The molecule has 1 unspecified atom stereocenters. The maximum absolute atomic E-state index is 11.6. The molecule has 0 aromatic heterocycles. The number of aliphatic hydroxyl groups is 1. The van der Waals surface area contributed by atoms with Crippen LogP contribution in [0.1, 0.15) is 51.8 Å². The fraction of sp³-hybridized carbons (Fsp3) is 0.562. The van der Waals surface area contributed by atoms with Gasteiger partial charge in [0.15, 0.2) is 0 Å². The van der Waals surface area contributed by atoms with E-state index in [-0.39, 0.29) is 17.9 Å². The minimum atomic E-state index is -0.935. The van der Waals surface area contributed by atoms with E-state index in [1.807, 2.05) is 24.3 Å². The monoisotopic (exact) mass is 278 g/mol. The molecule has 112 valence electrons. The lowest BCUT2D eigenvalue weighted by Gasteiger charge is -2.21. The maximum Gasteiger partial charge on any atom is 0.239 e. The summed E-state index contributed by atoms with van der Waals surface area (Å²) in [6.07, 6.45) is -0.727. The lowest BCUT2D eigenvalue weighted by molar-refractivity contribution is -0.125. The van der Waals surface area contributed by atoms with Gasteiger partial charge in [-0.1, -0.05) is 45.0 Å². The Morgan fingerprint density at radius 1 is 1.20 bits per heavy atom. The van der Waals surface area contributed by atoms with Crippen LogP contribution < -0.4 is 11.1 Å². The molecular formula is C16H26N2O2. The highest BCUT2D eigenvalue weighted by molar-refractivity contribution is 5.85. The largest absolute Gasteiger partial charge is 0.387 e. The Bertz CT molecular complexity index is 453. The molecule has 4 heteroatoms. The molecule has 20 heavy (non-hydrogen) atoms. The second kappa shape index (κ2) is 5.94. The van der Waals surface area contributed by atoms with Crippen LogP contribution in [0.3, 0.4) is 0 Å². The molecule has 4 N–H and O–H groups in total. The molecular weight excluding hydrogens is 252 g/mol. The molecule has 0 fully saturated rings. The Balaban J connectivity index is 2.65. The van der Waals surface area contributed by atoms with E-state index in [1.54, 1.807) is 13.8 Å². The van der Waals surface area contributed by atoms with E-state index < -0.39 is 11.6 Å². The summed E-state index contributed by atoms with van der Waals surface area (Å²) in [7, 11) is 0. The van der Waals surface area contributed by atoms with Crippen LogP contribution in [0.5, 0.6) is 0 Å². The molecule has 0 heterocycles. The SMILES string of the molecule is CC(C)(N)C(=O)NCC(O)c1ccc(C(C)(C)C)cc1. The predicted octanol–water partition coefficient (Wildman–Crippen LogP) is 1.87. The first-order valence-electron chi connectivity index (χ1n) is 6.87. The summed E-state index contributed by atoms with van der Waals surface area (Å²) in [6, 6.07) is 7.80. The Morgan fingerprint density at radius 2 is 1.70 bits per heavy atom. The summed E-state index contributed by atoms with van der Waals surface area (Å²) in [6.45, 7) is 9.85. The van der Waals surface area contributed by atoms with Gasteiger partial charge in [-0.3, -0.25) is 4.79 Å². The zero-order chi connectivity index (χ0) is 15.6. The van der Waals surface area contributed by atoms with Gasteiger partial charge >= 0.3 is 0 Å². The number of amides is 1. The minimum absolute atomic E-state index is 0.0846. The third kappa shape index (κ3) is 4.62. The van der Waals surface area contributed by atoms with Gasteiger partial charge in [-0.25, -0.2) is 0 Å². The topological polar surface area (TPSA) is 75.4 Å². The average molecular weight is 278 g/mol. The van der Waals surface area contributed by atoms with Crippen LogP contribution in [0.25, 0.3) is 0 Å². The first-order chi connectivity index (χ1) is 9.01. The second-order valence-corrected chi connectivity index (χ2v) is 6.82. The van der Waals surface area contributed by atoms with Gasteiger partial charge in [0.05, 0.1) is 11.6 Å². The molecule has 4 nitrogen and oxygen atoms in total. The van der Waals surface area contributed by atoms with Crippen molar-refractivity contribution in [3.05, 3.63) is 35.4 Å². The van der Waals surface area contributed by atoms with Gasteiger partial charge in [0, 0.05) is 6.54 Å². The molecule has 0 radical (unpaired) electrons. The number of rotatable bonds is 4. The summed E-state index contributed by atoms with van der Waals surface area (Å²) in [5, 5.41) is 12.7. The quantitative estimate of drug-likeness (QED) is 0.787. The molecule has 0 aliphatic carbocycles. The van der Waals surface area contributed by atoms with Crippen molar-refractivity contribution >= 4 is 5.91 Å². The molecule has 0 aliphatic rings. The van der Waals surface area contributed by atoms with Crippen LogP contribution in [0.2, 0.25) is 0 Å². The Morgan fingerprint density at radius 3 is 2.10 bits per heavy atom. The van der Waals surface area contributed by atoms with Crippen LogP contribution >= 0.6 is 0 Å². The van der Waals surface area contributed by atoms with Crippen molar-refractivity contribution in [2.75, 3.05) is 6.54 Å². The molecule has 0 saturated carbocycles. The maximum atomic E-state index is 11.6. The number of aliphatic hydroxyl groups excluding tert-OH is 1. The third-order valence-corrected chi connectivity index (χ3v) is 3.20. The van der Waals surface area contributed by atoms with Crippen molar-refractivity contribution in [3.63, 3.8) is 0 Å². The van der Waals surface area contributed by atoms with E-state index in [0.29, 0.717) is 0 Å². The molecule has 1 aromatic rings. The predicted molar refractivity (Wildman–Crippen MR) is 81.4 cm³/mol. The van der Waals surface area contributed by atoms with Gasteiger partial charge in [-0.05, 0) is 30.4 Å². The number of hydrogen-bond acceptors (Lipinski definition) is 3. The highest BCUT2D eigenvalue weighted by Crippen LogP contribution is 2.23. The fourth-order valence-electron chi connectivity index (χ4n) is 1.74. The number of nitrogens with two attached hydrogens (primary N) is 1. The first kappa shape index (κ1) is 16.7. The van der Waals surface area contributed by atoms with Gasteiger partial charge in [-0.15, -0.1) is 0 Å². The van der Waals surface area contributed by atoms with E-state index >= 15 is 0 Å². The first-order valence-corrected chi connectivity index (χ1v) is 6.87. The van der Waals surface area contributed by atoms with Crippen LogP contribution in [0.4, 0.5) is 0 Å². The lowest BCUT2D eigenvalue weighted by atomic mass is 9.86. The molecule has 0 bridgehead atoms. The summed E-state index contributed by atoms with van der Waals surface area (Å²) >= 11 is 0. The third-order valence-electron chi connectivity index (χ3n) is 3.20. The molecule has 1 rings (SSSR count). The summed E-state index contributed by atoms with van der Waals surface area (Å²) in [5.74, 6) is -0.275. The highest BCUT2D eigenvalue weighted by Gasteiger charge is 2.22. The zero-order valence-corrected chi connectivity index (χ0v) is 13.0. The fourth-order valence-corrected chi connectivity index (χ4v) is 1.74. The zero-order valence-electron chi connectivity index (χ0n) is 13.0. The van der Waals surface area contributed by atoms with Crippen molar-refractivity contribution in [1.82, 2.24) is 5.32 Å². The summed E-state index contributed by atoms with van der Waals surface area (Å²) in [5.41, 5.74) is 6.82. The molecule has 1 aromatic carbocycles. The molecule has 0 saturated heterocycles. The normalized spacial score (nSPS) is 13.9. The van der Waals surface area contributed by atoms with Crippen molar-refractivity contribution < 1.29 is 9.90 Å². The highest BCUT2D eigenvalue weighted by atomic mass is 16.3. The number of carbonyl (C=O) groups excluding carboxylic acids is 1. The summed E-state index contributed by atoms with van der Waals surface area (Å²) < 4.78 is 0. The minimum Gasteiger partial charge on any atom is -0.387 e. The Kier molecular flexibility index (Phi) is 4.95. The van der Waals surface area contributed by atoms with E-state index in [2.05, 4.69) is 26.1 Å². The van der Waals surface area contributed by atoms with E-state index in [0.717, 1.165) is 5.56 Å². The Hall–Kier alpha value is -1.39. The number of benzene rings is 1. The van der Waals surface area contributed by atoms with Crippen molar-refractivity contribution in [2.24, 2.45) is 5.73 Å². The average Bonchev–Trinajstić information content (AvgIpc) is 2.33.